The summed E-state index contributed by atoms with van der Waals surface area (Å²) in [4.78, 5) is 10.8. The monoisotopic (exact) mass is 286 g/mol. The van der Waals surface area contributed by atoms with Gasteiger partial charge in [-0.25, -0.2) is 9.78 Å². The Balaban J connectivity index is 3.69. The summed E-state index contributed by atoms with van der Waals surface area (Å²) >= 11 is 0. The van der Waals surface area contributed by atoms with Crippen molar-refractivity contribution >= 4 is 0 Å². The molecule has 0 heterocycles. The van der Waals surface area contributed by atoms with E-state index in [0.717, 1.165) is 18.4 Å². The summed E-state index contributed by atoms with van der Waals surface area (Å²) in [6.07, 6.45) is 9.58. The fourth-order valence-electron chi connectivity index (χ4n) is 1.72. The van der Waals surface area contributed by atoms with Gasteiger partial charge in [0.25, 0.3) is 0 Å². The van der Waals surface area contributed by atoms with E-state index in [1.807, 2.05) is 20.8 Å². The average Bonchev–Trinajstić information content (AvgIpc) is 2.41. The van der Waals surface area contributed by atoms with Crippen molar-refractivity contribution in [3.63, 3.8) is 0 Å². The fraction of sp³-hybridized carbons (Fsp3) is 0.882. The van der Waals surface area contributed by atoms with E-state index in [1.54, 1.807) is 7.11 Å². The van der Waals surface area contributed by atoms with Crippen LogP contribution >= 0.6 is 0 Å². The second-order valence-electron chi connectivity index (χ2n) is 6.05. The standard InChI is InChI=1S/C17H34O3/c1-7-8-9-10-11-12-13-14-16(18-6)19-20-17(4,5)15(2)3/h16H,2,7-14H2,1,3-6H3. The lowest BCUT2D eigenvalue weighted by Crippen LogP contribution is -2.29. The van der Waals surface area contributed by atoms with Crippen molar-refractivity contribution in [2.24, 2.45) is 0 Å². The van der Waals surface area contributed by atoms with Crippen LogP contribution in [0.5, 0.6) is 0 Å². The number of methoxy groups -OCH3 is 1. The maximum Gasteiger partial charge on any atom is 0.190 e. The van der Waals surface area contributed by atoms with Gasteiger partial charge in [0.05, 0.1) is 0 Å². The third-order valence-corrected chi connectivity index (χ3v) is 3.70. The molecular formula is C17H34O3. The molecule has 20 heavy (non-hydrogen) atoms. The largest absolute Gasteiger partial charge is 0.353 e. The van der Waals surface area contributed by atoms with E-state index in [0.29, 0.717) is 0 Å². The first-order valence-corrected chi connectivity index (χ1v) is 7.97. The summed E-state index contributed by atoms with van der Waals surface area (Å²) in [6, 6.07) is 0. The SMILES string of the molecule is C=C(C)C(C)(C)OOC(CCCCCCCCC)OC. The topological polar surface area (TPSA) is 27.7 Å². The molecule has 1 unspecified atom stereocenters. The Morgan fingerprint density at radius 3 is 2.10 bits per heavy atom. The molecular weight excluding hydrogens is 252 g/mol. The zero-order valence-electron chi connectivity index (χ0n) is 14.2. The molecule has 0 aliphatic heterocycles. The van der Waals surface area contributed by atoms with Gasteiger partial charge in [0.15, 0.2) is 6.29 Å². The van der Waals surface area contributed by atoms with Gasteiger partial charge in [-0.1, -0.05) is 52.0 Å². The predicted molar refractivity (Wildman–Crippen MR) is 84.5 cm³/mol. The van der Waals surface area contributed by atoms with Crippen LogP contribution < -0.4 is 0 Å². The lowest BCUT2D eigenvalue weighted by molar-refractivity contribution is -0.409. The minimum absolute atomic E-state index is 0.288. The lowest BCUT2D eigenvalue weighted by Gasteiger charge is -2.26. The van der Waals surface area contributed by atoms with Gasteiger partial charge in [-0.3, -0.25) is 0 Å². The Hall–Kier alpha value is -0.380. The molecule has 0 saturated carbocycles. The van der Waals surface area contributed by atoms with Crippen LogP contribution in [0.4, 0.5) is 0 Å². The average molecular weight is 286 g/mol. The van der Waals surface area contributed by atoms with E-state index in [9.17, 15) is 0 Å². The summed E-state index contributed by atoms with van der Waals surface area (Å²) in [5, 5.41) is 0. The number of hydrogen-bond donors (Lipinski definition) is 0. The van der Waals surface area contributed by atoms with Crippen LogP contribution in [-0.4, -0.2) is 19.0 Å². The number of ether oxygens (including phenoxy) is 1. The fourth-order valence-corrected chi connectivity index (χ4v) is 1.72. The first kappa shape index (κ1) is 19.6. The van der Waals surface area contributed by atoms with Crippen LogP contribution in [0.25, 0.3) is 0 Å². The summed E-state index contributed by atoms with van der Waals surface area (Å²) in [6.45, 7) is 12.0. The number of unbranched alkanes of at least 4 members (excludes halogenated alkanes) is 6. The molecule has 1 atom stereocenters. The molecule has 0 saturated heterocycles. The van der Waals surface area contributed by atoms with E-state index in [1.165, 1.54) is 38.5 Å². The molecule has 0 fully saturated rings. The van der Waals surface area contributed by atoms with Crippen molar-refractivity contribution < 1.29 is 14.5 Å². The Bertz CT molecular complexity index is 249. The normalized spacial score (nSPS) is 13.4. The van der Waals surface area contributed by atoms with Crippen LogP contribution in [-0.2, 0) is 14.5 Å². The molecule has 3 nitrogen and oxygen atoms in total. The van der Waals surface area contributed by atoms with Gasteiger partial charge in [0.1, 0.15) is 5.60 Å². The highest BCUT2D eigenvalue weighted by molar-refractivity contribution is 5.04. The summed E-state index contributed by atoms with van der Waals surface area (Å²) in [5.41, 5.74) is 0.458. The minimum atomic E-state index is -0.475. The van der Waals surface area contributed by atoms with E-state index in [2.05, 4.69) is 13.5 Å². The molecule has 0 aromatic heterocycles. The van der Waals surface area contributed by atoms with Crippen molar-refractivity contribution in [2.45, 2.75) is 91.0 Å². The molecule has 0 N–H and O–H groups in total. The minimum Gasteiger partial charge on any atom is -0.353 e. The van der Waals surface area contributed by atoms with E-state index in [-0.39, 0.29) is 6.29 Å². The highest BCUT2D eigenvalue weighted by atomic mass is 17.2. The van der Waals surface area contributed by atoms with Crippen molar-refractivity contribution in [3.05, 3.63) is 12.2 Å². The van der Waals surface area contributed by atoms with Crippen LogP contribution in [0.1, 0.15) is 79.1 Å². The predicted octanol–water partition coefficient (Wildman–Crippen LogP) is 5.40. The van der Waals surface area contributed by atoms with Gasteiger partial charge in [-0.15, -0.1) is 0 Å². The third-order valence-electron chi connectivity index (χ3n) is 3.70. The molecule has 0 bridgehead atoms. The number of rotatable bonds is 13. The molecule has 0 radical (unpaired) electrons. The molecule has 0 rings (SSSR count). The molecule has 0 amide bonds. The molecule has 3 heteroatoms. The lowest BCUT2D eigenvalue weighted by atomic mass is 10.0. The first-order valence-electron chi connectivity index (χ1n) is 7.97. The summed E-state index contributed by atoms with van der Waals surface area (Å²) in [7, 11) is 1.66. The molecule has 0 aliphatic rings. The van der Waals surface area contributed by atoms with Gasteiger partial charge >= 0.3 is 0 Å². The quantitative estimate of drug-likeness (QED) is 0.149. The maximum absolute atomic E-state index is 5.43. The highest BCUT2D eigenvalue weighted by Gasteiger charge is 2.23. The van der Waals surface area contributed by atoms with Gasteiger partial charge < -0.3 is 4.74 Å². The van der Waals surface area contributed by atoms with Gasteiger partial charge in [-0.2, -0.15) is 0 Å². The zero-order valence-corrected chi connectivity index (χ0v) is 14.2. The molecule has 0 aliphatic carbocycles. The van der Waals surface area contributed by atoms with Crippen LogP contribution in [0.15, 0.2) is 12.2 Å². The third kappa shape index (κ3) is 9.51. The Morgan fingerprint density at radius 2 is 1.60 bits per heavy atom. The van der Waals surface area contributed by atoms with Crippen molar-refractivity contribution in [1.82, 2.24) is 0 Å². The number of hydrogen-bond acceptors (Lipinski definition) is 3. The van der Waals surface area contributed by atoms with Crippen molar-refractivity contribution in [1.29, 1.82) is 0 Å². The Morgan fingerprint density at radius 1 is 1.05 bits per heavy atom. The second-order valence-corrected chi connectivity index (χ2v) is 6.05. The molecule has 120 valence electrons. The molecule has 0 spiro atoms. The van der Waals surface area contributed by atoms with E-state index >= 15 is 0 Å². The van der Waals surface area contributed by atoms with Crippen LogP contribution in [0, 0.1) is 0 Å². The van der Waals surface area contributed by atoms with Crippen LogP contribution in [0.2, 0.25) is 0 Å². The van der Waals surface area contributed by atoms with Crippen molar-refractivity contribution in [3.8, 4) is 0 Å². The zero-order chi connectivity index (χ0) is 15.4. The Labute approximate surface area is 125 Å². The van der Waals surface area contributed by atoms with Gasteiger partial charge in [0, 0.05) is 13.5 Å². The van der Waals surface area contributed by atoms with Crippen molar-refractivity contribution in [2.75, 3.05) is 7.11 Å². The Kier molecular flexibility index (Phi) is 11.1. The van der Waals surface area contributed by atoms with E-state index < -0.39 is 5.60 Å². The van der Waals surface area contributed by atoms with Gasteiger partial charge in [-0.05, 0) is 32.8 Å². The second kappa shape index (κ2) is 11.3. The molecule has 0 aromatic carbocycles. The maximum atomic E-state index is 5.43. The highest BCUT2D eigenvalue weighted by Crippen LogP contribution is 2.21. The first-order chi connectivity index (χ1) is 9.44. The smallest absolute Gasteiger partial charge is 0.190 e. The summed E-state index contributed by atoms with van der Waals surface area (Å²) < 4.78 is 5.29. The molecule has 0 aromatic rings. The summed E-state index contributed by atoms with van der Waals surface area (Å²) in [5.74, 6) is 0. The van der Waals surface area contributed by atoms with E-state index in [4.69, 9.17) is 14.5 Å². The van der Waals surface area contributed by atoms with Gasteiger partial charge in [0.2, 0.25) is 0 Å². The van der Waals surface area contributed by atoms with Crippen LogP contribution in [0.3, 0.4) is 0 Å².